The van der Waals surface area contributed by atoms with Crippen molar-refractivity contribution in [2.24, 2.45) is 0 Å². The van der Waals surface area contributed by atoms with E-state index in [1.54, 1.807) is 6.92 Å². The van der Waals surface area contributed by atoms with Crippen LogP contribution in [0.5, 0.6) is 0 Å². The maximum absolute atomic E-state index is 11.0. The number of hydrogen-bond acceptors (Lipinski definition) is 4. The first kappa shape index (κ1) is 12.3. The predicted octanol–water partition coefficient (Wildman–Crippen LogP) is 3.00. The van der Waals surface area contributed by atoms with Crippen LogP contribution >= 0.6 is 11.6 Å². The van der Waals surface area contributed by atoms with Gasteiger partial charge < -0.3 is 5.32 Å². The number of nitrogens with one attached hydrogen (secondary N) is 1. The van der Waals surface area contributed by atoms with Crippen LogP contribution in [0.3, 0.4) is 0 Å². The number of hydrogen-bond donors (Lipinski definition) is 1. The zero-order valence-corrected chi connectivity index (χ0v) is 10.8. The highest BCUT2D eigenvalue weighted by Gasteiger charge is 2.36. The summed E-state index contributed by atoms with van der Waals surface area (Å²) in [5.74, 6) is 1.15. The lowest BCUT2D eigenvalue weighted by molar-refractivity contribution is 0.112. The Bertz CT molecular complexity index is 438. The van der Waals surface area contributed by atoms with Crippen molar-refractivity contribution in [3.63, 3.8) is 0 Å². The first-order valence-electron chi connectivity index (χ1n) is 5.88. The largest absolute Gasteiger partial charge is 0.364 e. The second kappa shape index (κ2) is 4.61. The predicted molar refractivity (Wildman–Crippen MR) is 67.7 cm³/mol. The van der Waals surface area contributed by atoms with Crippen molar-refractivity contribution < 1.29 is 4.79 Å². The lowest BCUT2D eigenvalue weighted by Crippen LogP contribution is -2.44. The summed E-state index contributed by atoms with van der Waals surface area (Å²) in [6, 6.07) is 0. The molecule has 0 atom stereocenters. The van der Waals surface area contributed by atoms with Gasteiger partial charge in [-0.25, -0.2) is 9.97 Å². The van der Waals surface area contributed by atoms with E-state index in [1.165, 1.54) is 6.42 Å². The van der Waals surface area contributed by atoms with Crippen molar-refractivity contribution in [1.82, 2.24) is 9.97 Å². The number of aldehydes is 1. The third-order valence-electron chi connectivity index (χ3n) is 3.50. The van der Waals surface area contributed by atoms with Gasteiger partial charge in [0.15, 0.2) is 6.29 Å². The highest BCUT2D eigenvalue weighted by atomic mass is 35.5. The van der Waals surface area contributed by atoms with Crippen LogP contribution in [0.4, 0.5) is 5.82 Å². The average molecular weight is 254 g/mol. The van der Waals surface area contributed by atoms with Gasteiger partial charge in [-0.2, -0.15) is 0 Å². The van der Waals surface area contributed by atoms with E-state index < -0.39 is 0 Å². The summed E-state index contributed by atoms with van der Waals surface area (Å²) in [7, 11) is 0. The zero-order valence-electron chi connectivity index (χ0n) is 10.1. The Kier molecular flexibility index (Phi) is 3.33. The first-order valence-corrected chi connectivity index (χ1v) is 6.25. The summed E-state index contributed by atoms with van der Waals surface area (Å²) < 4.78 is 0. The first-order chi connectivity index (χ1) is 8.10. The Hall–Kier alpha value is -1.16. The molecule has 0 bridgehead atoms. The fourth-order valence-corrected chi connectivity index (χ4v) is 2.42. The van der Waals surface area contributed by atoms with Crippen LogP contribution in [-0.2, 0) is 0 Å². The standard InChI is InChI=1S/C12H16ClN3O/c1-3-12(5-4-6-12)16-11-9(7-17)10(13)14-8(2)15-11/h7H,3-6H2,1-2H3,(H,14,15,16). The van der Waals surface area contributed by atoms with Crippen molar-refractivity contribution in [2.45, 2.75) is 45.1 Å². The van der Waals surface area contributed by atoms with Gasteiger partial charge in [-0.15, -0.1) is 0 Å². The Balaban J connectivity index is 2.34. The molecule has 2 rings (SSSR count). The minimum atomic E-state index is 0.0852. The van der Waals surface area contributed by atoms with Crippen LogP contribution in [0.15, 0.2) is 0 Å². The monoisotopic (exact) mass is 253 g/mol. The van der Waals surface area contributed by atoms with Crippen molar-refractivity contribution >= 4 is 23.7 Å². The van der Waals surface area contributed by atoms with Gasteiger partial charge in [-0.3, -0.25) is 4.79 Å². The van der Waals surface area contributed by atoms with Gasteiger partial charge in [0.05, 0.1) is 5.56 Å². The maximum Gasteiger partial charge on any atom is 0.156 e. The normalized spacial score (nSPS) is 17.4. The lowest BCUT2D eigenvalue weighted by atomic mass is 9.75. The molecule has 0 aromatic carbocycles. The number of rotatable bonds is 4. The molecule has 0 unspecified atom stereocenters. The molecule has 17 heavy (non-hydrogen) atoms. The summed E-state index contributed by atoms with van der Waals surface area (Å²) in [5.41, 5.74) is 0.444. The average Bonchev–Trinajstić information content (AvgIpc) is 2.23. The van der Waals surface area contributed by atoms with Gasteiger partial charge in [0.25, 0.3) is 0 Å². The van der Waals surface area contributed by atoms with Gasteiger partial charge >= 0.3 is 0 Å². The summed E-state index contributed by atoms with van der Waals surface area (Å²) in [6.45, 7) is 3.91. The van der Waals surface area contributed by atoms with E-state index in [1.807, 2.05) is 0 Å². The number of halogens is 1. The number of carbonyl (C=O) groups excluding carboxylic acids is 1. The summed E-state index contributed by atoms with van der Waals surface area (Å²) in [4.78, 5) is 19.3. The molecule has 1 N–H and O–H groups in total. The van der Waals surface area contributed by atoms with Crippen LogP contribution in [0, 0.1) is 6.92 Å². The Labute approximate surface area is 106 Å². The number of carbonyl (C=O) groups is 1. The SMILES string of the molecule is CCC1(Nc2nc(C)nc(Cl)c2C=O)CCC1. The molecule has 1 fully saturated rings. The molecule has 5 heteroatoms. The van der Waals surface area contributed by atoms with E-state index in [-0.39, 0.29) is 10.7 Å². The van der Waals surface area contributed by atoms with Gasteiger partial charge in [0, 0.05) is 5.54 Å². The van der Waals surface area contributed by atoms with Crippen molar-refractivity contribution in [1.29, 1.82) is 0 Å². The molecule has 0 spiro atoms. The quantitative estimate of drug-likeness (QED) is 0.662. The molecule has 92 valence electrons. The van der Waals surface area contributed by atoms with E-state index in [0.717, 1.165) is 19.3 Å². The third kappa shape index (κ3) is 2.27. The second-order valence-corrected chi connectivity index (χ2v) is 4.91. The number of aryl methyl sites for hydroxylation is 1. The van der Waals surface area contributed by atoms with Crippen molar-refractivity contribution in [2.75, 3.05) is 5.32 Å². The number of aromatic nitrogens is 2. The topological polar surface area (TPSA) is 54.9 Å². The second-order valence-electron chi connectivity index (χ2n) is 4.55. The lowest BCUT2D eigenvalue weighted by Gasteiger charge is -2.42. The Morgan fingerprint density at radius 3 is 2.65 bits per heavy atom. The van der Waals surface area contributed by atoms with Crippen LogP contribution in [0.1, 0.15) is 48.8 Å². The molecule has 0 aliphatic heterocycles. The smallest absolute Gasteiger partial charge is 0.156 e. The Morgan fingerprint density at radius 1 is 1.47 bits per heavy atom. The summed E-state index contributed by atoms with van der Waals surface area (Å²) in [6.07, 6.45) is 5.18. The van der Waals surface area contributed by atoms with Crippen LogP contribution in [-0.4, -0.2) is 21.8 Å². The summed E-state index contributed by atoms with van der Waals surface area (Å²) >= 11 is 5.95. The van der Waals surface area contributed by atoms with Crippen molar-refractivity contribution in [3.05, 3.63) is 16.5 Å². The minimum absolute atomic E-state index is 0.0852. The zero-order chi connectivity index (χ0) is 12.5. The van der Waals surface area contributed by atoms with Crippen LogP contribution in [0.2, 0.25) is 5.15 Å². The molecule has 4 nitrogen and oxygen atoms in total. The molecule has 1 aromatic rings. The molecule has 0 radical (unpaired) electrons. The number of nitrogens with zero attached hydrogens (tertiary/aromatic N) is 2. The Morgan fingerprint density at radius 2 is 2.18 bits per heavy atom. The highest BCUT2D eigenvalue weighted by molar-refractivity contribution is 6.32. The maximum atomic E-state index is 11.0. The molecular formula is C12H16ClN3O. The minimum Gasteiger partial charge on any atom is -0.364 e. The fraction of sp³-hybridized carbons (Fsp3) is 0.583. The molecule has 1 heterocycles. The van der Waals surface area contributed by atoms with E-state index >= 15 is 0 Å². The number of anilines is 1. The van der Waals surface area contributed by atoms with E-state index in [0.29, 0.717) is 23.5 Å². The van der Waals surface area contributed by atoms with E-state index in [4.69, 9.17) is 11.6 Å². The molecule has 0 saturated heterocycles. The molecule has 1 aliphatic rings. The third-order valence-corrected chi connectivity index (χ3v) is 3.79. The van der Waals surface area contributed by atoms with Crippen molar-refractivity contribution in [3.8, 4) is 0 Å². The fourth-order valence-electron chi connectivity index (χ4n) is 2.17. The van der Waals surface area contributed by atoms with Gasteiger partial charge in [0.1, 0.15) is 16.8 Å². The molecule has 1 saturated carbocycles. The van der Waals surface area contributed by atoms with Crippen LogP contribution < -0.4 is 5.32 Å². The molecule has 1 aliphatic carbocycles. The summed E-state index contributed by atoms with van der Waals surface area (Å²) in [5, 5.41) is 3.60. The highest BCUT2D eigenvalue weighted by Crippen LogP contribution is 2.38. The molecular weight excluding hydrogens is 238 g/mol. The van der Waals surface area contributed by atoms with Gasteiger partial charge in [0.2, 0.25) is 0 Å². The van der Waals surface area contributed by atoms with E-state index in [2.05, 4.69) is 22.2 Å². The molecule has 1 aromatic heterocycles. The van der Waals surface area contributed by atoms with Crippen LogP contribution in [0.25, 0.3) is 0 Å². The molecule has 0 amide bonds. The van der Waals surface area contributed by atoms with E-state index in [9.17, 15) is 4.79 Å². The van der Waals surface area contributed by atoms with Gasteiger partial charge in [-0.1, -0.05) is 18.5 Å². The van der Waals surface area contributed by atoms with Gasteiger partial charge in [-0.05, 0) is 32.6 Å².